The van der Waals surface area contributed by atoms with Crippen LogP contribution in [0.3, 0.4) is 0 Å². The Kier molecular flexibility index (Phi) is 4.34. The molecule has 0 amide bonds. The van der Waals surface area contributed by atoms with Crippen molar-refractivity contribution in [3.05, 3.63) is 82.4 Å². The van der Waals surface area contributed by atoms with E-state index in [0.717, 1.165) is 41.5 Å². The molecule has 1 saturated carbocycles. The minimum absolute atomic E-state index is 0.205. The summed E-state index contributed by atoms with van der Waals surface area (Å²) in [6, 6.07) is 18.4. The zero-order valence-electron chi connectivity index (χ0n) is 12.9. The largest absolute Gasteiger partial charge is 0.289 e. The number of benzene rings is 2. The Hall–Kier alpha value is -2.41. The quantitative estimate of drug-likeness (QED) is 0.693. The topological polar surface area (TPSA) is 17.1 Å². The van der Waals surface area contributed by atoms with Crippen LogP contribution < -0.4 is 0 Å². The Bertz CT molecular complexity index is 736. The van der Waals surface area contributed by atoms with Crippen molar-refractivity contribution in [2.24, 2.45) is 0 Å². The average molecular weight is 288 g/mol. The lowest BCUT2D eigenvalue weighted by Crippen LogP contribution is -2.12. The van der Waals surface area contributed by atoms with Gasteiger partial charge in [-0.05, 0) is 49.5 Å². The van der Waals surface area contributed by atoms with Gasteiger partial charge in [0.2, 0.25) is 0 Å². The Morgan fingerprint density at radius 2 is 1.45 bits per heavy atom. The molecule has 22 heavy (non-hydrogen) atoms. The van der Waals surface area contributed by atoms with E-state index in [1.807, 2.05) is 48.6 Å². The van der Waals surface area contributed by atoms with E-state index < -0.39 is 0 Å². The van der Waals surface area contributed by atoms with Gasteiger partial charge in [-0.2, -0.15) is 0 Å². The third-order valence-corrected chi connectivity index (χ3v) is 4.00. The molecule has 2 aromatic rings. The fraction of sp³-hybridized carbons (Fsp3) is 0.190. The van der Waals surface area contributed by atoms with E-state index in [0.29, 0.717) is 0 Å². The summed E-state index contributed by atoms with van der Waals surface area (Å²) in [5.41, 5.74) is 5.29. The maximum atomic E-state index is 12.7. The van der Waals surface area contributed by atoms with Crippen LogP contribution in [0.25, 0.3) is 12.2 Å². The van der Waals surface area contributed by atoms with Crippen molar-refractivity contribution in [1.29, 1.82) is 0 Å². The fourth-order valence-corrected chi connectivity index (χ4v) is 2.89. The maximum Gasteiger partial charge on any atom is 0.185 e. The third-order valence-electron chi connectivity index (χ3n) is 4.00. The van der Waals surface area contributed by atoms with Crippen LogP contribution in [0.2, 0.25) is 0 Å². The Balaban J connectivity index is 1.88. The van der Waals surface area contributed by atoms with Crippen LogP contribution in [0.15, 0.2) is 65.7 Å². The van der Waals surface area contributed by atoms with Crippen LogP contribution in [0.4, 0.5) is 0 Å². The van der Waals surface area contributed by atoms with Gasteiger partial charge >= 0.3 is 0 Å². The minimum Gasteiger partial charge on any atom is -0.289 e. The van der Waals surface area contributed by atoms with E-state index >= 15 is 0 Å². The normalized spacial score (nSPS) is 18.9. The second kappa shape index (κ2) is 6.57. The second-order valence-electron chi connectivity index (χ2n) is 5.85. The van der Waals surface area contributed by atoms with Gasteiger partial charge in [-0.1, -0.05) is 60.2 Å². The Labute approximate surface area is 132 Å². The molecule has 0 N–H and O–H groups in total. The number of hydrogen-bond acceptors (Lipinski definition) is 1. The average Bonchev–Trinajstić information content (AvgIpc) is 2.52. The molecule has 0 atom stereocenters. The van der Waals surface area contributed by atoms with Gasteiger partial charge in [-0.25, -0.2) is 0 Å². The number of allylic oxidation sites excluding steroid dienone is 2. The van der Waals surface area contributed by atoms with Gasteiger partial charge < -0.3 is 0 Å². The Morgan fingerprint density at radius 1 is 0.818 bits per heavy atom. The molecule has 0 aliphatic heterocycles. The van der Waals surface area contributed by atoms with E-state index in [2.05, 4.69) is 25.1 Å². The summed E-state index contributed by atoms with van der Waals surface area (Å²) >= 11 is 0. The van der Waals surface area contributed by atoms with Crippen molar-refractivity contribution >= 4 is 17.9 Å². The number of hydrogen-bond donors (Lipinski definition) is 0. The summed E-state index contributed by atoms with van der Waals surface area (Å²) in [6.07, 6.45) is 6.87. The monoisotopic (exact) mass is 288 g/mol. The second-order valence-corrected chi connectivity index (χ2v) is 5.85. The predicted octanol–water partition coefficient (Wildman–Crippen LogP) is 5.22. The van der Waals surface area contributed by atoms with E-state index in [9.17, 15) is 4.79 Å². The molecule has 110 valence electrons. The number of rotatable bonds is 2. The lowest BCUT2D eigenvalue weighted by Gasteiger charge is -2.16. The van der Waals surface area contributed by atoms with Gasteiger partial charge in [0, 0.05) is 11.1 Å². The highest BCUT2D eigenvalue weighted by Crippen LogP contribution is 2.28. The van der Waals surface area contributed by atoms with Gasteiger partial charge in [0.15, 0.2) is 5.78 Å². The number of ketones is 1. The maximum absolute atomic E-state index is 12.7. The number of carbonyl (C=O) groups is 1. The molecule has 0 bridgehead atoms. The number of carbonyl (C=O) groups excluding carboxylic acids is 1. The first-order chi connectivity index (χ1) is 10.7. The van der Waals surface area contributed by atoms with Crippen molar-refractivity contribution in [2.45, 2.75) is 26.2 Å². The minimum atomic E-state index is 0.205. The molecular weight excluding hydrogens is 268 g/mol. The van der Waals surface area contributed by atoms with Gasteiger partial charge in [0.25, 0.3) is 0 Å². The molecule has 1 aliphatic rings. The standard InChI is InChI=1S/C21H20O/c1-16-7-5-10-18(13-16)15-20-12-6-11-19(21(20)22)14-17-8-3-2-4-9-17/h2-5,7-10,13-15H,6,11-12H2,1H3/b19-14+,20-15+. The molecular formula is C21H20O. The highest BCUT2D eigenvalue weighted by Gasteiger charge is 2.20. The van der Waals surface area contributed by atoms with Crippen LogP contribution in [-0.2, 0) is 4.79 Å². The summed E-state index contributed by atoms with van der Waals surface area (Å²) in [6.45, 7) is 2.07. The first-order valence-corrected chi connectivity index (χ1v) is 7.80. The summed E-state index contributed by atoms with van der Waals surface area (Å²) in [5.74, 6) is 0.205. The molecule has 0 radical (unpaired) electrons. The van der Waals surface area contributed by atoms with Crippen molar-refractivity contribution in [3.63, 3.8) is 0 Å². The highest BCUT2D eigenvalue weighted by molar-refractivity contribution is 6.13. The van der Waals surface area contributed by atoms with Crippen molar-refractivity contribution < 1.29 is 4.79 Å². The van der Waals surface area contributed by atoms with Gasteiger partial charge in [-0.3, -0.25) is 4.79 Å². The Morgan fingerprint density at radius 3 is 2.14 bits per heavy atom. The zero-order valence-corrected chi connectivity index (χ0v) is 12.9. The van der Waals surface area contributed by atoms with Gasteiger partial charge in [0.1, 0.15) is 0 Å². The number of Topliss-reactive ketones (excluding diaryl/α,β-unsaturated/α-hetero) is 1. The lowest BCUT2D eigenvalue weighted by molar-refractivity contribution is -0.112. The highest BCUT2D eigenvalue weighted by atomic mass is 16.1. The molecule has 2 aromatic carbocycles. The molecule has 0 spiro atoms. The van der Waals surface area contributed by atoms with Crippen LogP contribution in [-0.4, -0.2) is 5.78 Å². The van der Waals surface area contributed by atoms with Crippen LogP contribution in [0.5, 0.6) is 0 Å². The van der Waals surface area contributed by atoms with Gasteiger partial charge in [0.05, 0.1) is 0 Å². The van der Waals surface area contributed by atoms with Crippen molar-refractivity contribution in [3.8, 4) is 0 Å². The van der Waals surface area contributed by atoms with Gasteiger partial charge in [-0.15, -0.1) is 0 Å². The van der Waals surface area contributed by atoms with Crippen LogP contribution >= 0.6 is 0 Å². The predicted molar refractivity (Wildman–Crippen MR) is 92.4 cm³/mol. The first kappa shape index (κ1) is 14.5. The molecule has 1 aliphatic carbocycles. The summed E-state index contributed by atoms with van der Waals surface area (Å²) in [5, 5.41) is 0. The summed E-state index contributed by atoms with van der Waals surface area (Å²) in [7, 11) is 0. The SMILES string of the molecule is Cc1cccc(/C=C2\CCC/C(=C\c3ccccc3)C2=O)c1. The van der Waals surface area contributed by atoms with Crippen LogP contribution in [0, 0.1) is 6.92 Å². The molecule has 0 unspecified atom stereocenters. The third kappa shape index (κ3) is 3.43. The fourth-order valence-electron chi connectivity index (χ4n) is 2.89. The lowest BCUT2D eigenvalue weighted by atomic mass is 9.87. The first-order valence-electron chi connectivity index (χ1n) is 7.80. The van der Waals surface area contributed by atoms with Crippen molar-refractivity contribution in [2.75, 3.05) is 0 Å². The van der Waals surface area contributed by atoms with E-state index in [1.54, 1.807) is 0 Å². The molecule has 1 heteroatoms. The summed E-state index contributed by atoms with van der Waals surface area (Å²) < 4.78 is 0. The molecule has 0 aromatic heterocycles. The van der Waals surface area contributed by atoms with Crippen molar-refractivity contribution in [1.82, 2.24) is 0 Å². The molecule has 1 fully saturated rings. The molecule has 3 rings (SSSR count). The number of aryl methyl sites for hydroxylation is 1. The molecule has 0 saturated heterocycles. The zero-order chi connectivity index (χ0) is 15.4. The molecule has 1 nitrogen and oxygen atoms in total. The van der Waals surface area contributed by atoms with E-state index in [-0.39, 0.29) is 5.78 Å². The summed E-state index contributed by atoms with van der Waals surface area (Å²) in [4.78, 5) is 12.7. The smallest absolute Gasteiger partial charge is 0.185 e. The van der Waals surface area contributed by atoms with E-state index in [4.69, 9.17) is 0 Å². The van der Waals surface area contributed by atoms with E-state index in [1.165, 1.54) is 5.56 Å². The van der Waals surface area contributed by atoms with Crippen LogP contribution in [0.1, 0.15) is 36.0 Å². The molecule has 0 heterocycles.